The van der Waals surface area contributed by atoms with E-state index in [9.17, 15) is 0 Å². The topological polar surface area (TPSA) is 12.0 Å². The quantitative estimate of drug-likeness (QED) is 0.814. The summed E-state index contributed by atoms with van der Waals surface area (Å²) < 4.78 is 0. The zero-order chi connectivity index (χ0) is 12.1. The van der Waals surface area contributed by atoms with Crippen LogP contribution in [0, 0.1) is 0 Å². The molecule has 0 aliphatic rings. The van der Waals surface area contributed by atoms with E-state index < -0.39 is 0 Å². The minimum absolute atomic E-state index is 0.394. The zero-order valence-electron chi connectivity index (χ0n) is 9.52. The summed E-state index contributed by atoms with van der Waals surface area (Å²) in [4.78, 5) is 1.22. The Bertz CT molecular complexity index is 456. The van der Waals surface area contributed by atoms with E-state index in [4.69, 9.17) is 11.6 Å². The molecule has 1 aromatic heterocycles. The first-order valence-electron chi connectivity index (χ1n) is 5.37. The summed E-state index contributed by atoms with van der Waals surface area (Å²) in [5, 5.41) is 8.45. The molecule has 1 heterocycles. The van der Waals surface area contributed by atoms with Gasteiger partial charge in [0.05, 0.1) is 0 Å². The molecule has 2 aromatic rings. The van der Waals surface area contributed by atoms with Crippen molar-refractivity contribution in [2.24, 2.45) is 0 Å². The van der Waals surface area contributed by atoms with Crippen molar-refractivity contribution in [1.82, 2.24) is 5.32 Å². The van der Waals surface area contributed by atoms with Crippen LogP contribution in [0.5, 0.6) is 0 Å². The highest BCUT2D eigenvalue weighted by Crippen LogP contribution is 2.27. The van der Waals surface area contributed by atoms with Gasteiger partial charge in [-0.05, 0) is 47.6 Å². The molecule has 1 N–H and O–H groups in total. The molecule has 1 unspecified atom stereocenters. The van der Waals surface area contributed by atoms with E-state index in [0.29, 0.717) is 6.04 Å². The second-order valence-electron chi connectivity index (χ2n) is 3.67. The molecule has 0 radical (unpaired) electrons. The predicted octanol–water partition coefficient (Wildman–Crippen LogP) is 4.45. The van der Waals surface area contributed by atoms with Crippen molar-refractivity contribution in [2.75, 3.05) is 12.8 Å². The van der Waals surface area contributed by atoms with Crippen LogP contribution in [0.2, 0.25) is 5.02 Å². The van der Waals surface area contributed by atoms with E-state index in [1.54, 1.807) is 11.3 Å². The van der Waals surface area contributed by atoms with Gasteiger partial charge in [0.1, 0.15) is 0 Å². The molecule has 0 amide bonds. The molecule has 0 fully saturated rings. The molecule has 0 aliphatic carbocycles. The van der Waals surface area contributed by atoms with Crippen LogP contribution < -0.4 is 5.32 Å². The van der Waals surface area contributed by atoms with Crippen molar-refractivity contribution in [3.8, 4) is 0 Å². The molecule has 0 saturated carbocycles. The Hall–Kier alpha value is -0.480. The second-order valence-corrected chi connectivity index (χ2v) is 5.98. The Morgan fingerprint density at radius 3 is 2.94 bits per heavy atom. The molecule has 0 bridgehead atoms. The maximum atomic E-state index is 5.97. The lowest BCUT2D eigenvalue weighted by Crippen LogP contribution is -2.17. The first kappa shape index (κ1) is 13.0. The van der Waals surface area contributed by atoms with Gasteiger partial charge in [0.2, 0.25) is 0 Å². The first-order valence-corrected chi connectivity index (χ1v) is 7.68. The van der Waals surface area contributed by atoms with Gasteiger partial charge < -0.3 is 5.32 Å². The van der Waals surface area contributed by atoms with E-state index in [2.05, 4.69) is 28.2 Å². The van der Waals surface area contributed by atoms with Gasteiger partial charge in [0.15, 0.2) is 0 Å². The molecule has 0 saturated heterocycles. The number of nitrogens with one attached hydrogen (secondary N) is 1. The third-order valence-corrected chi connectivity index (χ3v) is 4.53. The molecule has 17 heavy (non-hydrogen) atoms. The van der Waals surface area contributed by atoms with Gasteiger partial charge in [0.25, 0.3) is 0 Å². The highest BCUT2D eigenvalue weighted by atomic mass is 35.5. The van der Waals surface area contributed by atoms with Crippen molar-refractivity contribution in [1.29, 1.82) is 0 Å². The van der Waals surface area contributed by atoms with Gasteiger partial charge in [-0.3, -0.25) is 0 Å². The van der Waals surface area contributed by atoms with Gasteiger partial charge in [-0.1, -0.05) is 17.7 Å². The lowest BCUT2D eigenvalue weighted by Gasteiger charge is -2.14. The first-order chi connectivity index (χ1) is 8.29. The fourth-order valence-corrected chi connectivity index (χ4v) is 3.63. The van der Waals surface area contributed by atoms with Crippen molar-refractivity contribution in [3.63, 3.8) is 0 Å². The minimum atomic E-state index is 0.394. The Kier molecular flexibility index (Phi) is 4.92. The minimum Gasteiger partial charge on any atom is -0.312 e. The highest BCUT2D eigenvalue weighted by molar-refractivity contribution is 7.99. The fraction of sp³-hybridized carbons (Fsp3) is 0.231. The van der Waals surface area contributed by atoms with E-state index in [-0.39, 0.29) is 0 Å². The van der Waals surface area contributed by atoms with Crippen LogP contribution in [0.25, 0.3) is 0 Å². The zero-order valence-corrected chi connectivity index (χ0v) is 11.9. The fourth-order valence-electron chi connectivity index (χ4n) is 1.56. The lowest BCUT2D eigenvalue weighted by atomic mass is 10.2. The van der Waals surface area contributed by atoms with Gasteiger partial charge in [0, 0.05) is 21.7 Å². The molecule has 0 spiro atoms. The van der Waals surface area contributed by atoms with Crippen molar-refractivity contribution in [3.05, 3.63) is 51.7 Å². The number of hydrogen-bond donors (Lipinski definition) is 1. The summed E-state index contributed by atoms with van der Waals surface area (Å²) in [7, 11) is 2.00. The summed E-state index contributed by atoms with van der Waals surface area (Å²) in [6.07, 6.45) is 0. The van der Waals surface area contributed by atoms with Crippen LogP contribution in [-0.2, 0) is 0 Å². The Morgan fingerprint density at radius 1 is 1.41 bits per heavy atom. The van der Waals surface area contributed by atoms with Crippen LogP contribution in [0.3, 0.4) is 0 Å². The summed E-state index contributed by atoms with van der Waals surface area (Å²) in [5.41, 5.74) is 1.35. The van der Waals surface area contributed by atoms with Gasteiger partial charge in [-0.25, -0.2) is 0 Å². The van der Waals surface area contributed by atoms with Gasteiger partial charge in [-0.15, -0.1) is 11.8 Å². The van der Waals surface area contributed by atoms with E-state index >= 15 is 0 Å². The molecule has 0 aliphatic heterocycles. The normalized spacial score (nSPS) is 12.6. The largest absolute Gasteiger partial charge is 0.312 e. The Balaban J connectivity index is 1.97. The third kappa shape index (κ3) is 3.75. The molecular weight excluding hydrogens is 270 g/mol. The number of rotatable bonds is 5. The molecule has 2 rings (SSSR count). The van der Waals surface area contributed by atoms with Crippen molar-refractivity contribution in [2.45, 2.75) is 10.9 Å². The number of thioether (sulfide) groups is 1. The Labute approximate surface area is 115 Å². The van der Waals surface area contributed by atoms with E-state index in [1.165, 1.54) is 10.5 Å². The van der Waals surface area contributed by atoms with Gasteiger partial charge >= 0.3 is 0 Å². The molecule has 90 valence electrons. The van der Waals surface area contributed by atoms with Crippen LogP contribution >= 0.6 is 34.7 Å². The molecule has 4 heteroatoms. The summed E-state index contributed by atoms with van der Waals surface area (Å²) in [5.74, 6) is 1.01. The van der Waals surface area contributed by atoms with Gasteiger partial charge in [-0.2, -0.15) is 11.3 Å². The number of benzene rings is 1. The molecular formula is C13H14ClNS2. The Morgan fingerprint density at radius 2 is 2.29 bits per heavy atom. The molecule has 1 nitrogen and oxygen atoms in total. The maximum Gasteiger partial charge on any atom is 0.0421 e. The number of halogens is 1. The maximum absolute atomic E-state index is 5.97. The van der Waals surface area contributed by atoms with Crippen LogP contribution in [0.1, 0.15) is 11.6 Å². The van der Waals surface area contributed by atoms with Crippen molar-refractivity contribution < 1.29 is 0 Å². The summed E-state index contributed by atoms with van der Waals surface area (Å²) >= 11 is 9.53. The number of thiophene rings is 1. The van der Waals surface area contributed by atoms with Crippen LogP contribution in [0.4, 0.5) is 0 Å². The third-order valence-electron chi connectivity index (χ3n) is 2.51. The molecule has 1 atom stereocenters. The summed E-state index contributed by atoms with van der Waals surface area (Å²) in [6, 6.07) is 10.6. The van der Waals surface area contributed by atoms with Crippen LogP contribution in [0.15, 0.2) is 46.0 Å². The van der Waals surface area contributed by atoms with E-state index in [0.717, 1.165) is 10.8 Å². The smallest absolute Gasteiger partial charge is 0.0421 e. The number of hydrogen-bond acceptors (Lipinski definition) is 3. The predicted molar refractivity (Wildman–Crippen MR) is 78.3 cm³/mol. The highest BCUT2D eigenvalue weighted by Gasteiger charge is 2.09. The van der Waals surface area contributed by atoms with E-state index in [1.807, 2.05) is 37.0 Å². The van der Waals surface area contributed by atoms with Crippen LogP contribution in [-0.4, -0.2) is 12.8 Å². The summed E-state index contributed by atoms with van der Waals surface area (Å²) in [6.45, 7) is 0. The lowest BCUT2D eigenvalue weighted by molar-refractivity contribution is 0.664. The average molecular weight is 284 g/mol. The second kappa shape index (κ2) is 6.45. The SMILES string of the molecule is CNC(CSc1cccc(Cl)c1)c1ccsc1. The standard InChI is InChI=1S/C13H14ClNS2/c1-15-13(10-5-6-16-8-10)9-17-12-4-2-3-11(14)7-12/h2-8,13,15H,9H2,1H3. The van der Waals surface area contributed by atoms with Crippen molar-refractivity contribution >= 4 is 34.7 Å². The monoisotopic (exact) mass is 283 g/mol. The average Bonchev–Trinajstić information content (AvgIpc) is 2.84. The molecule has 1 aromatic carbocycles.